The number of rotatable bonds is 7. The predicted octanol–water partition coefficient (Wildman–Crippen LogP) is 2.46. The van der Waals surface area contributed by atoms with Crippen molar-refractivity contribution in [2.45, 2.75) is 19.6 Å². The van der Waals surface area contributed by atoms with Gasteiger partial charge in [0, 0.05) is 47.3 Å². The van der Waals surface area contributed by atoms with E-state index in [4.69, 9.17) is 4.74 Å². The molecule has 30 heavy (non-hydrogen) atoms. The number of halogens is 1. The highest BCUT2D eigenvalue weighted by Crippen LogP contribution is 2.13. The Hall–Kier alpha value is -1.91. The quantitative estimate of drug-likeness (QED) is 0.330. The number of benzene rings is 1. The maximum Gasteiger partial charge on any atom is 0.191 e. The second kappa shape index (κ2) is 12.7. The molecule has 1 aliphatic rings. The number of nitrogens with one attached hydrogen (secondary N) is 2. The molecule has 1 aromatic heterocycles. The van der Waals surface area contributed by atoms with Crippen LogP contribution in [0.4, 0.5) is 5.82 Å². The van der Waals surface area contributed by atoms with Gasteiger partial charge >= 0.3 is 0 Å². The third-order valence-electron chi connectivity index (χ3n) is 4.97. The zero-order chi connectivity index (χ0) is 20.5. The Kier molecular flexibility index (Phi) is 10.3. The van der Waals surface area contributed by atoms with E-state index < -0.39 is 0 Å². The molecule has 1 saturated heterocycles. The molecule has 3 rings (SSSR count). The van der Waals surface area contributed by atoms with Crippen LogP contribution >= 0.6 is 24.0 Å². The molecule has 2 aromatic rings. The van der Waals surface area contributed by atoms with Crippen LogP contribution in [0.2, 0.25) is 0 Å². The molecule has 0 bridgehead atoms. The number of ether oxygens (including phenoxy) is 1. The Bertz CT molecular complexity index is 808. The summed E-state index contributed by atoms with van der Waals surface area (Å²) in [6, 6.07) is 14.6. The zero-order valence-corrected chi connectivity index (χ0v) is 20.4. The van der Waals surface area contributed by atoms with Crippen LogP contribution in [-0.2, 0) is 24.4 Å². The van der Waals surface area contributed by atoms with Crippen LogP contribution in [0.15, 0.2) is 47.5 Å². The lowest BCUT2D eigenvalue weighted by atomic mass is 10.1. The summed E-state index contributed by atoms with van der Waals surface area (Å²) in [5.74, 6) is 1.72. The number of hydrogen-bond acceptors (Lipinski definition) is 5. The first-order valence-electron chi connectivity index (χ1n) is 10.1. The van der Waals surface area contributed by atoms with E-state index in [2.05, 4.69) is 49.8 Å². The first-order chi connectivity index (χ1) is 14.2. The fraction of sp³-hybridized carbons (Fsp3) is 0.455. The van der Waals surface area contributed by atoms with Gasteiger partial charge in [-0.15, -0.1) is 24.0 Å². The number of nitrogens with zero attached hydrogens (tertiary/aromatic N) is 4. The van der Waals surface area contributed by atoms with E-state index in [1.165, 1.54) is 11.1 Å². The SMILES string of the molecule is CN=C(NCc1cccc(N(C)C)n1)NCc1ccccc1CN1CCOCC1.I. The number of aromatic nitrogens is 1. The minimum atomic E-state index is 0. The van der Waals surface area contributed by atoms with E-state index in [1.54, 1.807) is 7.05 Å². The summed E-state index contributed by atoms with van der Waals surface area (Å²) >= 11 is 0. The van der Waals surface area contributed by atoms with Gasteiger partial charge in [-0.25, -0.2) is 4.98 Å². The average Bonchev–Trinajstić information content (AvgIpc) is 2.76. The van der Waals surface area contributed by atoms with Gasteiger partial charge in [0.25, 0.3) is 0 Å². The third kappa shape index (κ3) is 7.41. The molecule has 0 aliphatic carbocycles. The largest absolute Gasteiger partial charge is 0.379 e. The van der Waals surface area contributed by atoms with Crippen LogP contribution in [0.5, 0.6) is 0 Å². The molecule has 1 aliphatic heterocycles. The summed E-state index contributed by atoms with van der Waals surface area (Å²) in [5, 5.41) is 6.78. The molecule has 0 spiro atoms. The third-order valence-corrected chi connectivity index (χ3v) is 4.97. The van der Waals surface area contributed by atoms with Gasteiger partial charge in [-0.1, -0.05) is 30.3 Å². The Morgan fingerprint density at radius 3 is 2.43 bits per heavy atom. The fourth-order valence-electron chi connectivity index (χ4n) is 3.27. The van der Waals surface area contributed by atoms with Crippen LogP contribution in [0.3, 0.4) is 0 Å². The van der Waals surface area contributed by atoms with Gasteiger partial charge in [-0.05, 0) is 23.3 Å². The maximum absolute atomic E-state index is 5.46. The molecule has 2 N–H and O–H groups in total. The minimum absolute atomic E-state index is 0. The van der Waals surface area contributed by atoms with E-state index in [-0.39, 0.29) is 24.0 Å². The van der Waals surface area contributed by atoms with Crippen LogP contribution in [0, 0.1) is 0 Å². The maximum atomic E-state index is 5.46. The van der Waals surface area contributed by atoms with Crippen molar-refractivity contribution in [2.75, 3.05) is 52.3 Å². The molecular formula is C22H33IN6O. The van der Waals surface area contributed by atoms with Crippen molar-refractivity contribution in [3.8, 4) is 0 Å². The zero-order valence-electron chi connectivity index (χ0n) is 18.1. The molecule has 2 heterocycles. The summed E-state index contributed by atoms with van der Waals surface area (Å²) in [7, 11) is 5.78. The van der Waals surface area contributed by atoms with Gasteiger partial charge in [-0.3, -0.25) is 9.89 Å². The molecule has 164 valence electrons. The van der Waals surface area contributed by atoms with Crippen LogP contribution in [-0.4, -0.2) is 63.3 Å². The van der Waals surface area contributed by atoms with Gasteiger partial charge in [-0.2, -0.15) is 0 Å². The van der Waals surface area contributed by atoms with E-state index in [0.29, 0.717) is 6.54 Å². The summed E-state index contributed by atoms with van der Waals surface area (Å²) in [5.41, 5.74) is 3.61. The second-order valence-electron chi connectivity index (χ2n) is 7.32. The van der Waals surface area contributed by atoms with Crippen molar-refractivity contribution in [3.05, 3.63) is 59.3 Å². The minimum Gasteiger partial charge on any atom is -0.379 e. The monoisotopic (exact) mass is 524 g/mol. The van der Waals surface area contributed by atoms with E-state index in [0.717, 1.165) is 56.9 Å². The molecule has 0 saturated carbocycles. The normalized spacial score (nSPS) is 14.7. The molecule has 0 radical (unpaired) electrons. The summed E-state index contributed by atoms with van der Waals surface area (Å²) < 4.78 is 5.46. The lowest BCUT2D eigenvalue weighted by Gasteiger charge is -2.27. The van der Waals surface area contributed by atoms with Crippen molar-refractivity contribution in [3.63, 3.8) is 0 Å². The Morgan fingerprint density at radius 1 is 1.03 bits per heavy atom. The number of guanidine groups is 1. The average molecular weight is 524 g/mol. The molecule has 1 aromatic carbocycles. The number of hydrogen-bond donors (Lipinski definition) is 2. The van der Waals surface area contributed by atoms with Crippen LogP contribution in [0.25, 0.3) is 0 Å². The van der Waals surface area contributed by atoms with E-state index in [9.17, 15) is 0 Å². The summed E-state index contributed by atoms with van der Waals surface area (Å²) in [4.78, 5) is 13.4. The molecular weight excluding hydrogens is 491 g/mol. The van der Waals surface area contributed by atoms with Crippen molar-refractivity contribution >= 4 is 35.8 Å². The number of morpholine rings is 1. The Morgan fingerprint density at radius 2 is 1.73 bits per heavy atom. The predicted molar refractivity (Wildman–Crippen MR) is 134 cm³/mol. The molecule has 8 heteroatoms. The molecule has 1 fully saturated rings. The first-order valence-corrected chi connectivity index (χ1v) is 10.1. The van der Waals surface area contributed by atoms with Crippen LogP contribution < -0.4 is 15.5 Å². The molecule has 0 amide bonds. The summed E-state index contributed by atoms with van der Waals surface area (Å²) in [6.45, 7) is 5.92. The Balaban J connectivity index is 0.00000320. The highest BCUT2D eigenvalue weighted by molar-refractivity contribution is 14.0. The fourth-order valence-corrected chi connectivity index (χ4v) is 3.27. The van der Waals surface area contributed by atoms with Gasteiger partial charge in [0.15, 0.2) is 5.96 Å². The van der Waals surface area contributed by atoms with Gasteiger partial charge in [0.1, 0.15) is 5.82 Å². The van der Waals surface area contributed by atoms with Gasteiger partial charge in [0.05, 0.1) is 25.5 Å². The Labute approximate surface area is 196 Å². The highest BCUT2D eigenvalue weighted by atomic mass is 127. The molecule has 0 atom stereocenters. The smallest absolute Gasteiger partial charge is 0.191 e. The van der Waals surface area contributed by atoms with Gasteiger partial charge < -0.3 is 20.3 Å². The number of pyridine rings is 1. The highest BCUT2D eigenvalue weighted by Gasteiger charge is 2.13. The molecule has 0 unspecified atom stereocenters. The topological polar surface area (TPSA) is 65.0 Å². The van der Waals surface area contributed by atoms with Crippen molar-refractivity contribution in [1.29, 1.82) is 0 Å². The van der Waals surface area contributed by atoms with Crippen molar-refractivity contribution < 1.29 is 4.74 Å². The lowest BCUT2D eigenvalue weighted by Crippen LogP contribution is -2.37. The van der Waals surface area contributed by atoms with Crippen molar-refractivity contribution in [1.82, 2.24) is 20.5 Å². The standard InChI is InChI=1S/C22H32N6O.HI/c1-23-22(25-16-20-9-6-10-21(26-20)27(2)3)24-15-18-7-4-5-8-19(18)17-28-11-13-29-14-12-28;/h4-10H,11-17H2,1-3H3,(H2,23,24,25);1H. The number of aliphatic imine (C=N–C) groups is 1. The second-order valence-corrected chi connectivity index (χ2v) is 7.32. The van der Waals surface area contributed by atoms with Crippen LogP contribution in [0.1, 0.15) is 16.8 Å². The van der Waals surface area contributed by atoms with E-state index >= 15 is 0 Å². The van der Waals surface area contributed by atoms with Gasteiger partial charge in [0.2, 0.25) is 0 Å². The van der Waals surface area contributed by atoms with E-state index in [1.807, 2.05) is 37.2 Å². The summed E-state index contributed by atoms with van der Waals surface area (Å²) in [6.07, 6.45) is 0. The lowest BCUT2D eigenvalue weighted by molar-refractivity contribution is 0.0341. The molecule has 7 nitrogen and oxygen atoms in total. The van der Waals surface area contributed by atoms with Crippen molar-refractivity contribution in [2.24, 2.45) is 4.99 Å². The first kappa shape index (κ1) is 24.4. The number of anilines is 1.